The summed E-state index contributed by atoms with van der Waals surface area (Å²) < 4.78 is 5.67. The molecule has 3 rings (SSSR count). The summed E-state index contributed by atoms with van der Waals surface area (Å²) in [6.07, 6.45) is 2.32. The van der Waals surface area contributed by atoms with Crippen LogP contribution in [0, 0.1) is 5.92 Å². The lowest BCUT2D eigenvalue weighted by molar-refractivity contribution is -0.135. The Bertz CT molecular complexity index is 638. The highest BCUT2D eigenvalue weighted by Gasteiger charge is 2.21. The van der Waals surface area contributed by atoms with E-state index in [1.807, 2.05) is 35.2 Å². The smallest absolute Gasteiger partial charge is 0.260 e. The molecular weight excluding hydrogens is 262 g/mol. The monoisotopic (exact) mass is 283 g/mol. The third-order valence-corrected chi connectivity index (χ3v) is 4.09. The molecule has 1 heterocycles. The van der Waals surface area contributed by atoms with Gasteiger partial charge in [0.15, 0.2) is 6.61 Å². The number of hydrogen-bond donors (Lipinski definition) is 0. The first-order chi connectivity index (χ1) is 10.2. The molecule has 3 heteroatoms. The van der Waals surface area contributed by atoms with Gasteiger partial charge in [0.2, 0.25) is 0 Å². The zero-order valence-electron chi connectivity index (χ0n) is 12.4. The first kappa shape index (κ1) is 13.9. The van der Waals surface area contributed by atoms with Gasteiger partial charge in [-0.05, 0) is 41.7 Å². The molecule has 2 aromatic carbocycles. The molecule has 0 N–H and O–H groups in total. The van der Waals surface area contributed by atoms with Gasteiger partial charge < -0.3 is 9.64 Å². The number of carbonyl (C=O) groups excluding carboxylic acids is 1. The molecule has 1 fully saturated rings. The third-order valence-electron chi connectivity index (χ3n) is 4.09. The summed E-state index contributed by atoms with van der Waals surface area (Å²) in [5.41, 5.74) is 0. The van der Waals surface area contributed by atoms with E-state index in [2.05, 4.69) is 19.1 Å². The second-order valence-electron chi connectivity index (χ2n) is 5.88. The molecule has 1 saturated heterocycles. The van der Waals surface area contributed by atoms with Crippen LogP contribution in [0.25, 0.3) is 10.8 Å². The summed E-state index contributed by atoms with van der Waals surface area (Å²) in [7, 11) is 0. The molecule has 0 aromatic heterocycles. The summed E-state index contributed by atoms with van der Waals surface area (Å²) in [6.45, 7) is 4.05. The third kappa shape index (κ3) is 3.35. The molecule has 110 valence electrons. The van der Waals surface area contributed by atoms with E-state index in [4.69, 9.17) is 4.74 Å². The molecule has 2 aromatic rings. The lowest BCUT2D eigenvalue weighted by Crippen LogP contribution is -2.41. The number of benzene rings is 2. The average Bonchev–Trinajstić information content (AvgIpc) is 2.52. The lowest BCUT2D eigenvalue weighted by atomic mass is 10.0. The predicted octanol–water partition coefficient (Wildman–Crippen LogP) is 3.48. The summed E-state index contributed by atoms with van der Waals surface area (Å²) in [4.78, 5) is 14.1. The minimum Gasteiger partial charge on any atom is -0.484 e. The molecule has 0 aliphatic carbocycles. The number of carbonyl (C=O) groups is 1. The summed E-state index contributed by atoms with van der Waals surface area (Å²) in [5, 5.41) is 2.31. The standard InChI is InChI=1S/C18H21NO2/c1-14-5-4-10-19(12-14)18(20)13-21-17-9-8-15-6-2-3-7-16(15)11-17/h2-3,6-9,11,14H,4-5,10,12-13H2,1H3. The molecule has 0 radical (unpaired) electrons. The number of likely N-dealkylation sites (tertiary alicyclic amines) is 1. The van der Waals surface area contributed by atoms with Gasteiger partial charge in [-0.2, -0.15) is 0 Å². The highest BCUT2D eigenvalue weighted by atomic mass is 16.5. The Balaban J connectivity index is 1.61. The van der Waals surface area contributed by atoms with Crippen molar-refractivity contribution in [1.82, 2.24) is 4.90 Å². The summed E-state index contributed by atoms with van der Waals surface area (Å²) in [5.74, 6) is 1.45. The van der Waals surface area contributed by atoms with Crippen molar-refractivity contribution in [2.45, 2.75) is 19.8 Å². The zero-order valence-corrected chi connectivity index (χ0v) is 12.4. The molecule has 1 unspecified atom stereocenters. The molecule has 21 heavy (non-hydrogen) atoms. The SMILES string of the molecule is CC1CCCN(C(=O)COc2ccc3ccccc3c2)C1. The number of fused-ring (bicyclic) bond motifs is 1. The number of piperidine rings is 1. The van der Waals surface area contributed by atoms with E-state index in [1.54, 1.807) is 0 Å². The number of nitrogens with zero attached hydrogens (tertiary/aromatic N) is 1. The Morgan fingerprint density at radius 1 is 1.24 bits per heavy atom. The van der Waals surface area contributed by atoms with Crippen molar-refractivity contribution in [1.29, 1.82) is 0 Å². The van der Waals surface area contributed by atoms with Gasteiger partial charge >= 0.3 is 0 Å². The van der Waals surface area contributed by atoms with E-state index in [0.717, 1.165) is 30.6 Å². The zero-order chi connectivity index (χ0) is 14.7. The molecule has 0 saturated carbocycles. The fourth-order valence-electron chi connectivity index (χ4n) is 2.91. The van der Waals surface area contributed by atoms with E-state index in [-0.39, 0.29) is 12.5 Å². The Hall–Kier alpha value is -2.03. The molecule has 1 aliphatic rings. The van der Waals surface area contributed by atoms with Crippen molar-refractivity contribution >= 4 is 16.7 Å². The second kappa shape index (κ2) is 6.17. The van der Waals surface area contributed by atoms with Gasteiger partial charge in [0, 0.05) is 13.1 Å². The van der Waals surface area contributed by atoms with E-state index < -0.39 is 0 Å². The van der Waals surface area contributed by atoms with E-state index in [0.29, 0.717) is 5.92 Å². The Morgan fingerprint density at radius 2 is 2.05 bits per heavy atom. The fraction of sp³-hybridized carbons (Fsp3) is 0.389. The molecule has 3 nitrogen and oxygen atoms in total. The van der Waals surface area contributed by atoms with Crippen LogP contribution in [-0.4, -0.2) is 30.5 Å². The van der Waals surface area contributed by atoms with Gasteiger partial charge in [0.05, 0.1) is 0 Å². The van der Waals surface area contributed by atoms with Crippen LogP contribution < -0.4 is 4.74 Å². The maximum absolute atomic E-state index is 12.2. The van der Waals surface area contributed by atoms with Crippen LogP contribution >= 0.6 is 0 Å². The quantitative estimate of drug-likeness (QED) is 0.863. The predicted molar refractivity (Wildman–Crippen MR) is 84.4 cm³/mol. The van der Waals surface area contributed by atoms with E-state index in [9.17, 15) is 4.79 Å². The highest BCUT2D eigenvalue weighted by Crippen LogP contribution is 2.21. The molecule has 1 aliphatic heterocycles. The Kier molecular flexibility index (Phi) is 4.09. The van der Waals surface area contributed by atoms with Crippen molar-refractivity contribution in [3.05, 3.63) is 42.5 Å². The minimum atomic E-state index is 0.0923. The van der Waals surface area contributed by atoms with Gasteiger partial charge in [0.25, 0.3) is 5.91 Å². The number of amides is 1. The number of ether oxygens (including phenoxy) is 1. The highest BCUT2D eigenvalue weighted by molar-refractivity contribution is 5.84. The van der Waals surface area contributed by atoms with Crippen molar-refractivity contribution in [3.63, 3.8) is 0 Å². The van der Waals surface area contributed by atoms with Crippen LogP contribution in [0.2, 0.25) is 0 Å². The maximum atomic E-state index is 12.2. The largest absolute Gasteiger partial charge is 0.484 e. The van der Waals surface area contributed by atoms with Crippen LogP contribution in [0.1, 0.15) is 19.8 Å². The van der Waals surface area contributed by atoms with E-state index >= 15 is 0 Å². The van der Waals surface area contributed by atoms with Gasteiger partial charge in [0.1, 0.15) is 5.75 Å². The summed E-state index contributed by atoms with van der Waals surface area (Å²) >= 11 is 0. The number of rotatable bonds is 3. The second-order valence-corrected chi connectivity index (χ2v) is 5.88. The molecule has 0 bridgehead atoms. The van der Waals surface area contributed by atoms with E-state index in [1.165, 1.54) is 11.8 Å². The minimum absolute atomic E-state index is 0.0923. The van der Waals surface area contributed by atoms with Crippen LogP contribution in [0.3, 0.4) is 0 Å². The van der Waals surface area contributed by atoms with Crippen LogP contribution in [-0.2, 0) is 4.79 Å². The Labute approximate surface area is 125 Å². The molecule has 1 amide bonds. The topological polar surface area (TPSA) is 29.5 Å². The van der Waals surface area contributed by atoms with Crippen LogP contribution in [0.4, 0.5) is 0 Å². The normalized spacial score (nSPS) is 18.7. The average molecular weight is 283 g/mol. The van der Waals surface area contributed by atoms with Gasteiger partial charge in [-0.1, -0.05) is 37.3 Å². The Morgan fingerprint density at radius 3 is 2.86 bits per heavy atom. The van der Waals surface area contributed by atoms with Gasteiger partial charge in [-0.3, -0.25) is 4.79 Å². The first-order valence-electron chi connectivity index (χ1n) is 7.62. The van der Waals surface area contributed by atoms with Gasteiger partial charge in [-0.25, -0.2) is 0 Å². The van der Waals surface area contributed by atoms with Crippen LogP contribution in [0.5, 0.6) is 5.75 Å². The summed E-state index contributed by atoms with van der Waals surface area (Å²) in [6, 6.07) is 14.1. The van der Waals surface area contributed by atoms with Crippen molar-refractivity contribution < 1.29 is 9.53 Å². The lowest BCUT2D eigenvalue weighted by Gasteiger charge is -2.30. The molecule has 1 atom stereocenters. The first-order valence-corrected chi connectivity index (χ1v) is 7.62. The fourth-order valence-corrected chi connectivity index (χ4v) is 2.91. The van der Waals surface area contributed by atoms with Crippen molar-refractivity contribution in [2.75, 3.05) is 19.7 Å². The van der Waals surface area contributed by atoms with Crippen molar-refractivity contribution in [2.24, 2.45) is 5.92 Å². The van der Waals surface area contributed by atoms with Crippen LogP contribution in [0.15, 0.2) is 42.5 Å². The molecule has 0 spiro atoms. The number of hydrogen-bond acceptors (Lipinski definition) is 2. The van der Waals surface area contributed by atoms with Gasteiger partial charge in [-0.15, -0.1) is 0 Å². The maximum Gasteiger partial charge on any atom is 0.260 e. The molecular formula is C18H21NO2. The van der Waals surface area contributed by atoms with Crippen molar-refractivity contribution in [3.8, 4) is 5.75 Å².